The summed E-state index contributed by atoms with van der Waals surface area (Å²) >= 11 is 1.54. The molecule has 0 aromatic heterocycles. The molecule has 3 unspecified atom stereocenters. The fraction of sp³-hybridized carbons (Fsp3) is 0.867. The van der Waals surface area contributed by atoms with Gasteiger partial charge in [-0.15, -0.1) is 0 Å². The van der Waals surface area contributed by atoms with Crippen molar-refractivity contribution >= 4 is 23.6 Å². The van der Waals surface area contributed by atoms with Gasteiger partial charge in [0.05, 0.1) is 12.5 Å². The zero-order chi connectivity index (χ0) is 15.4. The van der Waals surface area contributed by atoms with Crippen LogP contribution in [0.3, 0.4) is 0 Å². The molecule has 1 saturated carbocycles. The summed E-state index contributed by atoms with van der Waals surface area (Å²) in [5, 5.41) is 12.2. The van der Waals surface area contributed by atoms with Gasteiger partial charge in [0.2, 0.25) is 11.8 Å². The van der Waals surface area contributed by atoms with Gasteiger partial charge in [-0.2, -0.15) is 11.8 Å². The molecular weight excluding hydrogens is 288 g/mol. The van der Waals surface area contributed by atoms with Crippen LogP contribution in [0.1, 0.15) is 39.0 Å². The number of hydrogen-bond donors (Lipinski definition) is 2. The molecule has 6 heteroatoms. The molecule has 0 spiro atoms. The van der Waals surface area contributed by atoms with Crippen LogP contribution in [0.2, 0.25) is 0 Å². The first-order chi connectivity index (χ1) is 10.1. The Bertz CT molecular complexity index is 381. The molecule has 2 N–H and O–H groups in total. The van der Waals surface area contributed by atoms with Crippen molar-refractivity contribution in [2.45, 2.75) is 56.4 Å². The van der Waals surface area contributed by atoms with E-state index in [2.05, 4.69) is 5.32 Å². The monoisotopic (exact) mass is 314 g/mol. The molecule has 1 aliphatic heterocycles. The lowest BCUT2D eigenvalue weighted by atomic mass is 10.1. The quantitative estimate of drug-likeness (QED) is 0.767. The summed E-state index contributed by atoms with van der Waals surface area (Å²) in [6, 6.07) is 0.261. The highest BCUT2D eigenvalue weighted by atomic mass is 32.2. The number of hydrogen-bond acceptors (Lipinski definition) is 4. The largest absolute Gasteiger partial charge is 0.395 e. The van der Waals surface area contributed by atoms with Crippen LogP contribution in [0.15, 0.2) is 0 Å². The molecule has 1 heterocycles. The highest BCUT2D eigenvalue weighted by Crippen LogP contribution is 2.29. The molecule has 2 amide bonds. The minimum atomic E-state index is -0.234. The van der Waals surface area contributed by atoms with E-state index in [9.17, 15) is 14.7 Å². The zero-order valence-electron chi connectivity index (χ0n) is 12.9. The van der Waals surface area contributed by atoms with Gasteiger partial charge in [-0.3, -0.25) is 9.59 Å². The van der Waals surface area contributed by atoms with Gasteiger partial charge in [0.1, 0.15) is 0 Å². The average molecular weight is 314 g/mol. The second-order valence-electron chi connectivity index (χ2n) is 6.14. The average Bonchev–Trinajstić information content (AvgIpc) is 3.08. The lowest BCUT2D eigenvalue weighted by Gasteiger charge is -2.25. The van der Waals surface area contributed by atoms with Gasteiger partial charge < -0.3 is 15.3 Å². The number of amides is 2. The molecule has 21 heavy (non-hydrogen) atoms. The standard InChI is InChI=1S/C15H26N2O3S/c1-10(13(9-18)21-2)16-15(20)11-7-14(19)17(8-11)12-5-3-4-6-12/h10-13,18H,3-9H2,1-2H3,(H,16,20). The first-order valence-corrected chi connectivity index (χ1v) is 9.09. The Morgan fingerprint density at radius 2 is 2.14 bits per heavy atom. The number of nitrogens with zero attached hydrogens (tertiary/aromatic N) is 1. The normalized spacial score (nSPS) is 26.1. The van der Waals surface area contributed by atoms with Crippen molar-refractivity contribution in [2.24, 2.45) is 5.92 Å². The Morgan fingerprint density at radius 3 is 2.71 bits per heavy atom. The highest BCUT2D eigenvalue weighted by molar-refractivity contribution is 7.99. The fourth-order valence-corrected chi connectivity index (χ4v) is 3.97. The molecule has 120 valence electrons. The number of aliphatic hydroxyl groups is 1. The van der Waals surface area contributed by atoms with Crippen LogP contribution in [-0.4, -0.2) is 58.6 Å². The van der Waals surface area contributed by atoms with Crippen LogP contribution in [0.4, 0.5) is 0 Å². The van der Waals surface area contributed by atoms with Gasteiger partial charge in [0.25, 0.3) is 0 Å². The topological polar surface area (TPSA) is 69.6 Å². The number of rotatable bonds is 6. The molecule has 3 atom stereocenters. The molecule has 2 aliphatic rings. The number of carbonyl (C=O) groups excluding carboxylic acids is 2. The number of nitrogens with one attached hydrogen (secondary N) is 1. The van der Waals surface area contributed by atoms with Gasteiger partial charge in [0, 0.05) is 30.3 Å². The van der Waals surface area contributed by atoms with Crippen LogP contribution in [0.25, 0.3) is 0 Å². The van der Waals surface area contributed by atoms with E-state index in [1.807, 2.05) is 18.1 Å². The molecule has 0 aromatic rings. The Morgan fingerprint density at radius 1 is 1.48 bits per heavy atom. The van der Waals surface area contributed by atoms with Gasteiger partial charge in [-0.1, -0.05) is 12.8 Å². The Balaban J connectivity index is 1.87. The molecule has 2 fully saturated rings. The minimum absolute atomic E-state index is 0.00279. The van der Waals surface area contributed by atoms with Crippen LogP contribution in [0, 0.1) is 5.92 Å². The van der Waals surface area contributed by atoms with E-state index in [4.69, 9.17) is 0 Å². The summed E-state index contributed by atoms with van der Waals surface area (Å²) in [6.45, 7) is 2.51. The van der Waals surface area contributed by atoms with Gasteiger partial charge in [-0.25, -0.2) is 0 Å². The summed E-state index contributed by atoms with van der Waals surface area (Å²) in [7, 11) is 0. The summed E-state index contributed by atoms with van der Waals surface area (Å²) in [6.07, 6.45) is 6.79. The maximum absolute atomic E-state index is 12.3. The summed E-state index contributed by atoms with van der Waals surface area (Å²) in [5.41, 5.74) is 0. The van der Waals surface area contributed by atoms with Crippen molar-refractivity contribution in [2.75, 3.05) is 19.4 Å². The number of carbonyl (C=O) groups is 2. The third-order valence-electron chi connectivity index (χ3n) is 4.71. The van der Waals surface area contributed by atoms with E-state index in [0.29, 0.717) is 19.0 Å². The van der Waals surface area contributed by atoms with E-state index >= 15 is 0 Å². The predicted molar refractivity (Wildman–Crippen MR) is 84.1 cm³/mol. The van der Waals surface area contributed by atoms with E-state index in [-0.39, 0.29) is 35.6 Å². The SMILES string of the molecule is CSC(CO)C(C)NC(=O)C1CC(=O)N(C2CCCC2)C1. The van der Waals surface area contributed by atoms with E-state index in [1.165, 1.54) is 12.8 Å². The fourth-order valence-electron chi connectivity index (χ4n) is 3.35. The third-order valence-corrected chi connectivity index (χ3v) is 5.87. The van der Waals surface area contributed by atoms with Crippen LogP contribution >= 0.6 is 11.8 Å². The number of thioether (sulfide) groups is 1. The maximum Gasteiger partial charge on any atom is 0.225 e. The van der Waals surface area contributed by atoms with Gasteiger partial charge in [-0.05, 0) is 26.0 Å². The Labute approximate surface area is 130 Å². The smallest absolute Gasteiger partial charge is 0.225 e. The number of likely N-dealkylation sites (tertiary alicyclic amines) is 1. The lowest BCUT2D eigenvalue weighted by molar-refractivity contribution is -0.130. The summed E-state index contributed by atoms with van der Waals surface area (Å²) in [4.78, 5) is 26.3. The van der Waals surface area contributed by atoms with Crippen molar-refractivity contribution in [1.82, 2.24) is 10.2 Å². The van der Waals surface area contributed by atoms with Crippen LogP contribution < -0.4 is 5.32 Å². The third kappa shape index (κ3) is 3.92. The lowest BCUT2D eigenvalue weighted by Crippen LogP contribution is -2.44. The molecule has 1 aliphatic carbocycles. The molecule has 0 bridgehead atoms. The first-order valence-electron chi connectivity index (χ1n) is 7.80. The molecule has 0 aromatic carbocycles. The van der Waals surface area contributed by atoms with E-state index < -0.39 is 0 Å². The van der Waals surface area contributed by atoms with Crippen LogP contribution in [-0.2, 0) is 9.59 Å². The second kappa shape index (κ2) is 7.49. The van der Waals surface area contributed by atoms with Gasteiger partial charge >= 0.3 is 0 Å². The van der Waals surface area contributed by atoms with Crippen molar-refractivity contribution in [3.05, 3.63) is 0 Å². The number of aliphatic hydroxyl groups excluding tert-OH is 1. The Hall–Kier alpha value is -0.750. The zero-order valence-corrected chi connectivity index (χ0v) is 13.7. The highest BCUT2D eigenvalue weighted by Gasteiger charge is 2.39. The first kappa shape index (κ1) is 16.6. The summed E-state index contributed by atoms with van der Waals surface area (Å²) in [5.74, 6) is -0.163. The van der Waals surface area contributed by atoms with Crippen LogP contribution in [0.5, 0.6) is 0 Å². The van der Waals surface area contributed by atoms with Crippen molar-refractivity contribution in [3.8, 4) is 0 Å². The van der Waals surface area contributed by atoms with Crippen molar-refractivity contribution < 1.29 is 14.7 Å². The van der Waals surface area contributed by atoms with E-state index in [1.54, 1.807) is 11.8 Å². The second-order valence-corrected chi connectivity index (χ2v) is 7.22. The van der Waals surface area contributed by atoms with Gasteiger partial charge in [0.15, 0.2) is 0 Å². The molecule has 5 nitrogen and oxygen atoms in total. The summed E-state index contributed by atoms with van der Waals surface area (Å²) < 4.78 is 0. The maximum atomic E-state index is 12.3. The van der Waals surface area contributed by atoms with E-state index in [0.717, 1.165) is 12.8 Å². The Kier molecular flexibility index (Phi) is 5.93. The van der Waals surface area contributed by atoms with Crippen molar-refractivity contribution in [1.29, 1.82) is 0 Å². The molecule has 2 rings (SSSR count). The molecular formula is C15H26N2O3S. The minimum Gasteiger partial charge on any atom is -0.395 e. The predicted octanol–water partition coefficient (Wildman–Crippen LogP) is 1.01. The molecule has 0 radical (unpaired) electrons. The molecule has 1 saturated heterocycles. The van der Waals surface area contributed by atoms with Crippen molar-refractivity contribution in [3.63, 3.8) is 0 Å².